The van der Waals surface area contributed by atoms with E-state index in [1.54, 1.807) is 17.6 Å². The first-order valence-electron chi connectivity index (χ1n) is 10.4. The maximum atomic E-state index is 13.4. The fraction of sp³-hybridized carbons (Fsp3) is 0.292. The summed E-state index contributed by atoms with van der Waals surface area (Å²) >= 11 is 0. The van der Waals surface area contributed by atoms with E-state index in [1.807, 2.05) is 37.4 Å². The molecule has 7 nitrogen and oxygen atoms in total. The number of para-hydroxylation sites is 1. The highest BCUT2D eigenvalue weighted by Crippen LogP contribution is 2.40. The van der Waals surface area contributed by atoms with E-state index >= 15 is 0 Å². The van der Waals surface area contributed by atoms with Crippen LogP contribution in [0.25, 0.3) is 28.4 Å². The van der Waals surface area contributed by atoms with Gasteiger partial charge >= 0.3 is 5.97 Å². The SMILES string of the molecule is CC[C@@]1(O)C(=O)OCc2c1cc1n(c2=O)Cc2c-1nc1ccccc1c2/C=C/CNC. The van der Waals surface area contributed by atoms with E-state index in [2.05, 4.69) is 11.4 Å². The molecule has 0 saturated carbocycles. The number of rotatable bonds is 4. The molecular weight excluding hydrogens is 394 g/mol. The lowest BCUT2D eigenvalue weighted by Crippen LogP contribution is -2.44. The van der Waals surface area contributed by atoms with Crippen LogP contribution < -0.4 is 10.9 Å². The first-order valence-corrected chi connectivity index (χ1v) is 10.4. The Kier molecular flexibility index (Phi) is 4.53. The lowest BCUT2D eigenvalue weighted by atomic mass is 9.86. The lowest BCUT2D eigenvalue weighted by molar-refractivity contribution is -0.172. The van der Waals surface area contributed by atoms with Gasteiger partial charge in [0.15, 0.2) is 5.60 Å². The number of nitrogens with one attached hydrogen (secondary N) is 1. The number of fused-ring (bicyclic) bond motifs is 5. The molecule has 0 saturated heterocycles. The molecule has 5 rings (SSSR count). The minimum Gasteiger partial charge on any atom is -0.458 e. The molecule has 31 heavy (non-hydrogen) atoms. The number of nitrogens with zero attached hydrogens (tertiary/aromatic N) is 2. The molecule has 2 N–H and O–H groups in total. The van der Waals surface area contributed by atoms with Crippen molar-refractivity contribution in [2.45, 2.75) is 32.1 Å². The van der Waals surface area contributed by atoms with Crippen molar-refractivity contribution in [1.29, 1.82) is 0 Å². The zero-order valence-corrected chi connectivity index (χ0v) is 17.4. The van der Waals surface area contributed by atoms with E-state index < -0.39 is 11.6 Å². The highest BCUT2D eigenvalue weighted by molar-refractivity contribution is 5.93. The lowest BCUT2D eigenvalue weighted by Gasteiger charge is -2.31. The van der Waals surface area contributed by atoms with Crippen molar-refractivity contribution in [2.24, 2.45) is 0 Å². The normalized spacial score (nSPS) is 19.4. The Morgan fingerprint density at radius 3 is 2.87 bits per heavy atom. The van der Waals surface area contributed by atoms with E-state index in [-0.39, 0.29) is 18.6 Å². The predicted octanol–water partition coefficient (Wildman–Crippen LogP) is 2.31. The van der Waals surface area contributed by atoms with Crippen molar-refractivity contribution in [1.82, 2.24) is 14.9 Å². The monoisotopic (exact) mass is 417 g/mol. The quantitative estimate of drug-likeness (QED) is 0.495. The third-order valence-corrected chi connectivity index (χ3v) is 6.25. The van der Waals surface area contributed by atoms with Crippen molar-refractivity contribution in [2.75, 3.05) is 13.6 Å². The Bertz CT molecular complexity index is 1320. The Balaban J connectivity index is 1.80. The molecule has 0 bridgehead atoms. The van der Waals surface area contributed by atoms with Crippen molar-refractivity contribution in [3.05, 3.63) is 69.0 Å². The zero-order valence-electron chi connectivity index (χ0n) is 17.4. The van der Waals surface area contributed by atoms with Gasteiger partial charge in [0.2, 0.25) is 0 Å². The maximum absolute atomic E-state index is 13.4. The van der Waals surface area contributed by atoms with Crippen molar-refractivity contribution >= 4 is 22.9 Å². The third-order valence-electron chi connectivity index (χ3n) is 6.25. The van der Waals surface area contributed by atoms with Crippen LogP contribution in [0, 0.1) is 0 Å². The number of likely N-dealkylation sites (N-methyl/N-ethyl adjacent to an activating group) is 1. The Morgan fingerprint density at radius 1 is 1.29 bits per heavy atom. The highest BCUT2D eigenvalue weighted by atomic mass is 16.6. The summed E-state index contributed by atoms with van der Waals surface area (Å²) in [5.41, 5.74) is 2.72. The van der Waals surface area contributed by atoms with E-state index in [9.17, 15) is 14.7 Å². The Labute approximate surface area is 179 Å². The standard InChI is InChI=1S/C24H23N3O4/c1-3-24(30)18-11-20-21-16(12-27(20)22(28)17(18)13-31-23(24)29)14(8-6-10-25-2)15-7-4-5-9-19(15)26-21/h4-9,11,25,30H,3,10,12-13H2,1-2H3/b8-6+/t24-/m0/s1. The smallest absolute Gasteiger partial charge is 0.343 e. The molecule has 7 heteroatoms. The number of ether oxygens (including phenoxy) is 1. The van der Waals surface area contributed by atoms with Gasteiger partial charge in [0, 0.05) is 23.1 Å². The summed E-state index contributed by atoms with van der Waals surface area (Å²) in [7, 11) is 1.89. The molecule has 2 aromatic heterocycles. The molecule has 0 amide bonds. The molecule has 0 spiro atoms. The fourth-order valence-electron chi connectivity index (χ4n) is 4.54. The van der Waals surface area contributed by atoms with E-state index in [4.69, 9.17) is 9.72 Å². The number of aliphatic hydroxyl groups is 1. The van der Waals surface area contributed by atoms with Crippen LogP contribution in [0.1, 0.15) is 35.6 Å². The first-order chi connectivity index (χ1) is 15.0. The zero-order chi connectivity index (χ0) is 21.8. The number of hydrogen-bond acceptors (Lipinski definition) is 6. The second kappa shape index (κ2) is 7.14. The van der Waals surface area contributed by atoms with Gasteiger partial charge in [-0.3, -0.25) is 4.79 Å². The van der Waals surface area contributed by atoms with Gasteiger partial charge in [0.05, 0.1) is 29.0 Å². The third kappa shape index (κ3) is 2.77. The molecule has 2 aliphatic heterocycles. The molecule has 1 atom stereocenters. The summed E-state index contributed by atoms with van der Waals surface area (Å²) in [5.74, 6) is -0.716. The molecular formula is C24H23N3O4. The van der Waals surface area contributed by atoms with Crippen molar-refractivity contribution in [3.8, 4) is 11.4 Å². The molecule has 4 heterocycles. The Hall–Kier alpha value is -3.29. The average molecular weight is 417 g/mol. The fourth-order valence-corrected chi connectivity index (χ4v) is 4.54. The van der Waals surface area contributed by atoms with E-state index in [0.717, 1.165) is 28.6 Å². The van der Waals surface area contributed by atoms with Gasteiger partial charge in [-0.2, -0.15) is 0 Å². The molecule has 0 unspecified atom stereocenters. The van der Waals surface area contributed by atoms with E-state index in [0.29, 0.717) is 29.1 Å². The number of benzene rings is 1. The minimum absolute atomic E-state index is 0.123. The van der Waals surface area contributed by atoms with Crippen molar-refractivity contribution < 1.29 is 14.6 Å². The van der Waals surface area contributed by atoms with Gasteiger partial charge in [-0.1, -0.05) is 37.3 Å². The molecule has 1 aromatic carbocycles. The van der Waals surface area contributed by atoms with Crippen molar-refractivity contribution in [3.63, 3.8) is 0 Å². The van der Waals surface area contributed by atoms with Crippen LogP contribution in [0.2, 0.25) is 0 Å². The number of pyridine rings is 2. The van der Waals surface area contributed by atoms with Gasteiger partial charge < -0.3 is 19.7 Å². The van der Waals surface area contributed by atoms with Crippen LogP contribution in [0.5, 0.6) is 0 Å². The highest BCUT2D eigenvalue weighted by Gasteiger charge is 2.45. The molecule has 3 aromatic rings. The molecule has 0 radical (unpaired) electrons. The summed E-state index contributed by atoms with van der Waals surface area (Å²) in [4.78, 5) is 30.5. The van der Waals surface area contributed by atoms with Crippen LogP contribution in [0.4, 0.5) is 0 Å². The summed E-state index contributed by atoms with van der Waals surface area (Å²) < 4.78 is 6.81. The van der Waals surface area contributed by atoms with Crippen LogP contribution >= 0.6 is 0 Å². The summed E-state index contributed by atoms with van der Waals surface area (Å²) in [6.07, 6.45) is 4.23. The number of esters is 1. The van der Waals surface area contributed by atoms with Gasteiger partial charge in [0.1, 0.15) is 6.61 Å². The van der Waals surface area contributed by atoms with E-state index in [1.165, 1.54) is 0 Å². The summed E-state index contributed by atoms with van der Waals surface area (Å²) in [6.45, 7) is 2.67. The minimum atomic E-state index is -1.82. The van der Waals surface area contributed by atoms with Gasteiger partial charge in [0.25, 0.3) is 5.56 Å². The second-order valence-corrected chi connectivity index (χ2v) is 7.93. The summed E-state index contributed by atoms with van der Waals surface area (Å²) in [6, 6.07) is 9.63. The largest absolute Gasteiger partial charge is 0.458 e. The van der Waals surface area contributed by atoms with Gasteiger partial charge in [-0.25, -0.2) is 9.78 Å². The number of aromatic nitrogens is 2. The number of carbonyl (C=O) groups excluding carboxylic acids is 1. The molecule has 0 fully saturated rings. The maximum Gasteiger partial charge on any atom is 0.343 e. The van der Waals surface area contributed by atoms with Crippen LogP contribution in [-0.4, -0.2) is 34.2 Å². The molecule has 2 aliphatic rings. The molecule has 0 aliphatic carbocycles. The Morgan fingerprint density at radius 2 is 2.10 bits per heavy atom. The average Bonchev–Trinajstić information content (AvgIpc) is 3.15. The van der Waals surface area contributed by atoms with Crippen LogP contribution in [0.15, 0.2) is 41.2 Å². The number of cyclic esters (lactones) is 1. The van der Waals surface area contributed by atoms with Crippen LogP contribution in [0.3, 0.4) is 0 Å². The predicted molar refractivity (Wildman–Crippen MR) is 117 cm³/mol. The second-order valence-electron chi connectivity index (χ2n) is 7.93. The number of carbonyl (C=O) groups is 1. The first kappa shape index (κ1) is 19.7. The topological polar surface area (TPSA) is 93.5 Å². The van der Waals surface area contributed by atoms with Gasteiger partial charge in [-0.15, -0.1) is 0 Å². The molecule has 158 valence electrons. The number of hydrogen-bond donors (Lipinski definition) is 2. The van der Waals surface area contributed by atoms with Crippen LogP contribution in [-0.2, 0) is 28.3 Å². The summed E-state index contributed by atoms with van der Waals surface area (Å²) in [5, 5.41) is 15.1. The van der Waals surface area contributed by atoms with Gasteiger partial charge in [-0.05, 0) is 31.2 Å².